The van der Waals surface area contributed by atoms with E-state index < -0.39 is 29.0 Å². The van der Waals surface area contributed by atoms with Crippen LogP contribution in [-0.2, 0) is 0 Å². The molecule has 0 atom stereocenters. The number of nitrogens with one attached hydrogen (secondary N) is 2. The third-order valence-corrected chi connectivity index (χ3v) is 2.53. The van der Waals surface area contributed by atoms with E-state index in [0.29, 0.717) is 18.0 Å². The molecule has 2 aromatic rings. The first-order chi connectivity index (χ1) is 9.51. The predicted octanol–water partition coefficient (Wildman–Crippen LogP) is 2.79. The van der Waals surface area contributed by atoms with Gasteiger partial charge in [0.05, 0.1) is 5.56 Å². The zero-order valence-corrected chi connectivity index (χ0v) is 10.4. The number of anilines is 2. The molecule has 104 valence electrons. The molecule has 0 saturated carbocycles. The second-order valence-electron chi connectivity index (χ2n) is 3.88. The van der Waals surface area contributed by atoms with Crippen molar-refractivity contribution in [3.63, 3.8) is 0 Å². The van der Waals surface area contributed by atoms with E-state index in [1.165, 1.54) is 18.3 Å². The largest absolute Gasteiger partial charge is 0.373 e. The summed E-state index contributed by atoms with van der Waals surface area (Å²) in [5.41, 5.74) is -0.582. The first kappa shape index (κ1) is 13.9. The molecule has 1 aromatic carbocycles. The molecule has 1 aromatic heterocycles. The van der Waals surface area contributed by atoms with Gasteiger partial charge in [0.15, 0.2) is 11.6 Å². The molecule has 0 aliphatic rings. The van der Waals surface area contributed by atoms with Crippen molar-refractivity contribution < 1.29 is 18.0 Å². The van der Waals surface area contributed by atoms with Crippen molar-refractivity contribution in [2.45, 2.75) is 0 Å². The normalized spacial score (nSPS) is 10.2. The maximum absolute atomic E-state index is 13.4. The lowest BCUT2D eigenvalue weighted by atomic mass is 10.2. The molecule has 0 unspecified atom stereocenters. The average molecular weight is 281 g/mol. The fourth-order valence-electron chi connectivity index (χ4n) is 1.52. The molecule has 1 amide bonds. The Bertz CT molecular complexity index is 621. The van der Waals surface area contributed by atoms with E-state index in [9.17, 15) is 18.0 Å². The van der Waals surface area contributed by atoms with Crippen LogP contribution in [0.15, 0.2) is 30.5 Å². The molecule has 2 N–H and O–H groups in total. The van der Waals surface area contributed by atoms with Crippen molar-refractivity contribution in [1.29, 1.82) is 0 Å². The van der Waals surface area contributed by atoms with Gasteiger partial charge in [0.2, 0.25) is 0 Å². The number of hydrogen-bond donors (Lipinski definition) is 2. The number of pyridine rings is 1. The molecule has 0 bridgehead atoms. The molecule has 2 rings (SSSR count). The summed E-state index contributed by atoms with van der Waals surface area (Å²) in [5, 5.41) is 4.81. The lowest BCUT2D eigenvalue weighted by Crippen LogP contribution is -2.15. The van der Waals surface area contributed by atoms with E-state index in [0.717, 1.165) is 0 Å². The molecule has 4 nitrogen and oxygen atoms in total. The van der Waals surface area contributed by atoms with Crippen LogP contribution < -0.4 is 10.6 Å². The smallest absolute Gasteiger partial charge is 0.257 e. The molecule has 0 saturated heterocycles. The number of amides is 1. The Morgan fingerprint density at radius 2 is 1.80 bits per heavy atom. The maximum Gasteiger partial charge on any atom is 0.257 e. The van der Waals surface area contributed by atoms with Gasteiger partial charge in [-0.2, -0.15) is 0 Å². The van der Waals surface area contributed by atoms with Gasteiger partial charge in [0.25, 0.3) is 5.91 Å². The van der Waals surface area contributed by atoms with Crippen molar-refractivity contribution in [3.05, 3.63) is 53.5 Å². The average Bonchev–Trinajstić information content (AvgIpc) is 2.42. The van der Waals surface area contributed by atoms with Crippen LogP contribution in [0.5, 0.6) is 0 Å². The Hall–Kier alpha value is -2.57. The summed E-state index contributed by atoms with van der Waals surface area (Å²) in [6.45, 7) is 0. The van der Waals surface area contributed by atoms with Crippen LogP contribution in [0.1, 0.15) is 10.4 Å². The van der Waals surface area contributed by atoms with Crippen molar-refractivity contribution in [3.8, 4) is 0 Å². The van der Waals surface area contributed by atoms with Crippen LogP contribution in [0.25, 0.3) is 0 Å². The third kappa shape index (κ3) is 2.87. The second kappa shape index (κ2) is 5.60. The van der Waals surface area contributed by atoms with Gasteiger partial charge in [-0.15, -0.1) is 0 Å². The van der Waals surface area contributed by atoms with Crippen LogP contribution in [0.4, 0.5) is 24.7 Å². The van der Waals surface area contributed by atoms with Crippen LogP contribution in [-0.4, -0.2) is 17.9 Å². The lowest BCUT2D eigenvalue weighted by Gasteiger charge is -2.08. The fourth-order valence-corrected chi connectivity index (χ4v) is 1.52. The van der Waals surface area contributed by atoms with Gasteiger partial charge in [-0.25, -0.2) is 18.2 Å². The van der Waals surface area contributed by atoms with Crippen LogP contribution >= 0.6 is 0 Å². The summed E-state index contributed by atoms with van der Waals surface area (Å²) < 4.78 is 39.5. The van der Waals surface area contributed by atoms with Gasteiger partial charge in [-0.05, 0) is 12.1 Å². The SMILES string of the molecule is CNc1ccc(C(=O)Nc2c(F)cc(F)cc2F)cn1. The molecular weight excluding hydrogens is 271 g/mol. The summed E-state index contributed by atoms with van der Waals surface area (Å²) in [6, 6.07) is 3.95. The molecule has 7 heteroatoms. The fraction of sp³-hybridized carbons (Fsp3) is 0.0769. The van der Waals surface area contributed by atoms with Gasteiger partial charge in [0, 0.05) is 25.4 Å². The first-order valence-corrected chi connectivity index (χ1v) is 5.61. The van der Waals surface area contributed by atoms with Crippen LogP contribution in [0.3, 0.4) is 0 Å². The van der Waals surface area contributed by atoms with Crippen molar-refractivity contribution >= 4 is 17.4 Å². The molecule has 0 aliphatic heterocycles. The number of aromatic nitrogens is 1. The maximum atomic E-state index is 13.4. The number of carbonyl (C=O) groups is 1. The van der Waals surface area contributed by atoms with Gasteiger partial charge in [0.1, 0.15) is 17.3 Å². The molecule has 20 heavy (non-hydrogen) atoms. The molecule has 0 aliphatic carbocycles. The van der Waals surface area contributed by atoms with Crippen molar-refractivity contribution in [2.75, 3.05) is 17.7 Å². The first-order valence-electron chi connectivity index (χ1n) is 5.61. The van der Waals surface area contributed by atoms with E-state index >= 15 is 0 Å². The minimum absolute atomic E-state index is 0.118. The zero-order valence-electron chi connectivity index (χ0n) is 10.4. The minimum Gasteiger partial charge on any atom is -0.373 e. The summed E-state index contributed by atoms with van der Waals surface area (Å²) in [7, 11) is 1.66. The summed E-state index contributed by atoms with van der Waals surface area (Å²) in [4.78, 5) is 15.7. The molecular formula is C13H10F3N3O. The van der Waals surface area contributed by atoms with Gasteiger partial charge in [-0.3, -0.25) is 4.79 Å². The zero-order chi connectivity index (χ0) is 14.7. The summed E-state index contributed by atoms with van der Waals surface area (Å²) >= 11 is 0. The Labute approximate surface area is 112 Å². The number of benzene rings is 1. The summed E-state index contributed by atoms with van der Waals surface area (Å²) in [6.07, 6.45) is 1.25. The van der Waals surface area contributed by atoms with Crippen LogP contribution in [0, 0.1) is 17.5 Å². The topological polar surface area (TPSA) is 54.0 Å². The lowest BCUT2D eigenvalue weighted by molar-refractivity contribution is 0.102. The second-order valence-corrected chi connectivity index (χ2v) is 3.88. The number of halogens is 3. The van der Waals surface area contributed by atoms with Crippen molar-refractivity contribution in [1.82, 2.24) is 4.98 Å². The number of hydrogen-bond acceptors (Lipinski definition) is 3. The molecule has 0 spiro atoms. The van der Waals surface area contributed by atoms with E-state index in [1.54, 1.807) is 7.05 Å². The minimum atomic E-state index is -1.18. The predicted molar refractivity (Wildman–Crippen MR) is 68.1 cm³/mol. The number of rotatable bonds is 3. The number of nitrogens with zero attached hydrogens (tertiary/aromatic N) is 1. The van der Waals surface area contributed by atoms with Crippen LogP contribution in [0.2, 0.25) is 0 Å². The van der Waals surface area contributed by atoms with E-state index in [-0.39, 0.29) is 5.56 Å². The van der Waals surface area contributed by atoms with E-state index in [2.05, 4.69) is 10.3 Å². The standard InChI is InChI=1S/C13H10F3N3O/c1-17-11-3-2-7(6-18-11)13(20)19-12-9(15)4-8(14)5-10(12)16/h2-6H,1H3,(H,17,18)(H,19,20). The number of carbonyl (C=O) groups excluding carboxylic acids is 1. The van der Waals surface area contributed by atoms with E-state index in [1.807, 2.05) is 5.32 Å². The van der Waals surface area contributed by atoms with E-state index in [4.69, 9.17) is 0 Å². The summed E-state index contributed by atoms with van der Waals surface area (Å²) in [5.74, 6) is -3.63. The quantitative estimate of drug-likeness (QED) is 0.909. The Morgan fingerprint density at radius 3 is 2.30 bits per heavy atom. The monoisotopic (exact) mass is 281 g/mol. The highest BCUT2D eigenvalue weighted by molar-refractivity contribution is 6.04. The highest BCUT2D eigenvalue weighted by Crippen LogP contribution is 2.21. The van der Waals surface area contributed by atoms with Gasteiger partial charge < -0.3 is 10.6 Å². The highest BCUT2D eigenvalue weighted by Gasteiger charge is 2.15. The van der Waals surface area contributed by atoms with Crippen molar-refractivity contribution in [2.24, 2.45) is 0 Å². The molecule has 1 heterocycles. The Balaban J connectivity index is 2.23. The van der Waals surface area contributed by atoms with Gasteiger partial charge in [-0.1, -0.05) is 0 Å². The molecule has 0 fully saturated rings. The third-order valence-electron chi connectivity index (χ3n) is 2.53. The molecule has 0 radical (unpaired) electrons. The highest BCUT2D eigenvalue weighted by atomic mass is 19.1. The Kier molecular flexibility index (Phi) is 3.88. The van der Waals surface area contributed by atoms with Gasteiger partial charge >= 0.3 is 0 Å². The Morgan fingerprint density at radius 1 is 1.15 bits per heavy atom.